The first-order valence-corrected chi connectivity index (χ1v) is 11.5. The summed E-state index contributed by atoms with van der Waals surface area (Å²) in [5.74, 6) is 0.574. The van der Waals surface area contributed by atoms with Crippen molar-refractivity contribution in [2.24, 2.45) is 0 Å². The summed E-state index contributed by atoms with van der Waals surface area (Å²) in [5, 5.41) is 12.8. The van der Waals surface area contributed by atoms with Gasteiger partial charge in [0.15, 0.2) is 5.65 Å². The number of anilines is 1. The lowest BCUT2D eigenvalue weighted by Gasteiger charge is -2.13. The standard InChI is InChI=1S/C26H26N8O/c1-5-33-23-19(16-29-33)18(14-20(30-23)17-10-7-6-8-11-17)24(35)31-22-15-21(26(2,3)4)32-34(22)25-27-12-9-13-28-25/h6-16H,5H2,1-4H3,(H,31,35). The van der Waals surface area contributed by atoms with Gasteiger partial charge in [-0.3, -0.25) is 4.79 Å². The Kier molecular flexibility index (Phi) is 5.60. The second-order valence-electron chi connectivity index (χ2n) is 9.20. The highest BCUT2D eigenvalue weighted by molar-refractivity contribution is 6.12. The molecule has 1 N–H and O–H groups in total. The van der Waals surface area contributed by atoms with Gasteiger partial charge >= 0.3 is 0 Å². The molecule has 5 aromatic rings. The summed E-state index contributed by atoms with van der Waals surface area (Å²) < 4.78 is 3.35. The largest absolute Gasteiger partial charge is 0.306 e. The van der Waals surface area contributed by atoms with Gasteiger partial charge in [-0.25, -0.2) is 19.6 Å². The molecule has 9 nitrogen and oxygen atoms in total. The Morgan fingerprint density at radius 3 is 2.46 bits per heavy atom. The Hall–Kier alpha value is -4.40. The van der Waals surface area contributed by atoms with Gasteiger partial charge in [0.25, 0.3) is 11.9 Å². The highest BCUT2D eigenvalue weighted by Crippen LogP contribution is 2.28. The van der Waals surface area contributed by atoms with Crippen molar-refractivity contribution < 1.29 is 4.79 Å². The van der Waals surface area contributed by atoms with Crippen molar-refractivity contribution in [2.45, 2.75) is 39.7 Å². The van der Waals surface area contributed by atoms with Crippen molar-refractivity contribution in [2.75, 3.05) is 5.32 Å². The first kappa shape index (κ1) is 22.4. The third kappa shape index (κ3) is 4.28. The second kappa shape index (κ2) is 8.75. The average molecular weight is 467 g/mol. The van der Waals surface area contributed by atoms with Crippen LogP contribution < -0.4 is 5.32 Å². The lowest BCUT2D eigenvalue weighted by molar-refractivity contribution is 0.102. The van der Waals surface area contributed by atoms with Crippen LogP contribution in [0, 0.1) is 0 Å². The van der Waals surface area contributed by atoms with E-state index in [1.165, 1.54) is 0 Å². The fourth-order valence-electron chi connectivity index (χ4n) is 3.80. The van der Waals surface area contributed by atoms with Crippen molar-refractivity contribution in [3.05, 3.63) is 78.4 Å². The number of carbonyl (C=O) groups is 1. The molecule has 4 heterocycles. The molecule has 0 aliphatic rings. The van der Waals surface area contributed by atoms with E-state index in [-0.39, 0.29) is 11.3 Å². The van der Waals surface area contributed by atoms with Gasteiger partial charge in [-0.15, -0.1) is 0 Å². The van der Waals surface area contributed by atoms with Crippen molar-refractivity contribution in [1.29, 1.82) is 0 Å². The van der Waals surface area contributed by atoms with Crippen LogP contribution in [0.4, 0.5) is 5.82 Å². The van der Waals surface area contributed by atoms with E-state index in [1.54, 1.807) is 40.1 Å². The summed E-state index contributed by atoms with van der Waals surface area (Å²) in [7, 11) is 0. The molecule has 0 unspecified atom stereocenters. The molecule has 0 aliphatic carbocycles. The van der Waals surface area contributed by atoms with Gasteiger partial charge in [0, 0.05) is 36.0 Å². The first-order chi connectivity index (χ1) is 16.8. The molecular weight excluding hydrogens is 440 g/mol. The molecule has 0 saturated heterocycles. The number of aromatic nitrogens is 7. The Morgan fingerprint density at radius 2 is 1.77 bits per heavy atom. The maximum absolute atomic E-state index is 13.7. The van der Waals surface area contributed by atoms with E-state index in [1.807, 2.05) is 43.3 Å². The lowest BCUT2D eigenvalue weighted by atomic mass is 9.92. The van der Waals surface area contributed by atoms with Gasteiger partial charge < -0.3 is 5.32 Å². The van der Waals surface area contributed by atoms with Gasteiger partial charge in [-0.2, -0.15) is 14.9 Å². The zero-order valence-electron chi connectivity index (χ0n) is 20.1. The highest BCUT2D eigenvalue weighted by Gasteiger charge is 2.24. The number of hydrogen-bond acceptors (Lipinski definition) is 6. The molecule has 35 heavy (non-hydrogen) atoms. The van der Waals surface area contributed by atoms with E-state index in [9.17, 15) is 4.79 Å². The Morgan fingerprint density at radius 1 is 1.03 bits per heavy atom. The van der Waals surface area contributed by atoms with E-state index in [4.69, 9.17) is 10.1 Å². The molecule has 4 aromatic heterocycles. The number of carbonyl (C=O) groups excluding carboxylic acids is 1. The predicted molar refractivity (Wildman–Crippen MR) is 134 cm³/mol. The highest BCUT2D eigenvalue weighted by atomic mass is 16.1. The molecule has 0 bridgehead atoms. The molecule has 0 spiro atoms. The Labute approximate surface area is 202 Å². The van der Waals surface area contributed by atoms with Crippen molar-refractivity contribution in [3.8, 4) is 17.2 Å². The quantitative estimate of drug-likeness (QED) is 0.405. The summed E-state index contributed by atoms with van der Waals surface area (Å²) in [6.45, 7) is 8.83. The summed E-state index contributed by atoms with van der Waals surface area (Å²) in [5.41, 5.74) is 3.34. The van der Waals surface area contributed by atoms with Crippen LogP contribution in [0.25, 0.3) is 28.2 Å². The third-order valence-electron chi connectivity index (χ3n) is 5.68. The van der Waals surface area contributed by atoms with Crippen LogP contribution in [0.5, 0.6) is 0 Å². The van der Waals surface area contributed by atoms with Crippen LogP contribution in [0.15, 0.2) is 67.1 Å². The molecule has 1 amide bonds. The number of amides is 1. The third-order valence-corrected chi connectivity index (χ3v) is 5.68. The molecule has 176 valence electrons. The van der Waals surface area contributed by atoms with E-state index in [0.717, 1.165) is 11.3 Å². The van der Waals surface area contributed by atoms with Crippen LogP contribution in [-0.4, -0.2) is 40.4 Å². The number of rotatable bonds is 5. The number of hydrogen-bond donors (Lipinski definition) is 1. The summed E-state index contributed by atoms with van der Waals surface area (Å²) in [6, 6.07) is 15.2. The van der Waals surface area contributed by atoms with E-state index < -0.39 is 0 Å². The average Bonchev–Trinajstić information content (AvgIpc) is 3.48. The number of benzene rings is 1. The SMILES string of the molecule is CCn1ncc2c(C(=O)Nc3cc(C(C)(C)C)nn3-c3ncccn3)cc(-c3ccccc3)nc21. The van der Waals surface area contributed by atoms with Crippen LogP contribution in [-0.2, 0) is 12.0 Å². The van der Waals surface area contributed by atoms with Gasteiger partial charge in [0.2, 0.25) is 0 Å². The van der Waals surface area contributed by atoms with Gasteiger partial charge in [0.1, 0.15) is 5.82 Å². The normalized spacial score (nSPS) is 11.7. The molecule has 0 fully saturated rings. The summed E-state index contributed by atoms with van der Waals surface area (Å²) >= 11 is 0. The van der Waals surface area contributed by atoms with Gasteiger partial charge in [0.05, 0.1) is 28.5 Å². The first-order valence-electron chi connectivity index (χ1n) is 11.5. The smallest absolute Gasteiger partial charge is 0.257 e. The van der Waals surface area contributed by atoms with E-state index in [0.29, 0.717) is 40.6 Å². The monoisotopic (exact) mass is 466 g/mol. The number of nitrogens with one attached hydrogen (secondary N) is 1. The summed E-state index contributed by atoms with van der Waals surface area (Å²) in [6.07, 6.45) is 4.97. The zero-order valence-corrected chi connectivity index (χ0v) is 20.1. The molecule has 0 saturated carbocycles. The topological polar surface area (TPSA) is 103 Å². The number of aryl methyl sites for hydroxylation is 1. The zero-order chi connectivity index (χ0) is 24.6. The minimum Gasteiger partial charge on any atom is -0.306 e. The molecule has 0 radical (unpaired) electrons. The van der Waals surface area contributed by atoms with Crippen LogP contribution >= 0.6 is 0 Å². The molecule has 1 aromatic carbocycles. The fourth-order valence-corrected chi connectivity index (χ4v) is 3.80. The lowest BCUT2D eigenvalue weighted by Crippen LogP contribution is -2.17. The van der Waals surface area contributed by atoms with E-state index in [2.05, 4.69) is 41.2 Å². The number of fused-ring (bicyclic) bond motifs is 1. The van der Waals surface area contributed by atoms with Crippen LogP contribution in [0.1, 0.15) is 43.7 Å². The van der Waals surface area contributed by atoms with Gasteiger partial charge in [-0.05, 0) is 19.1 Å². The molecular formula is C26H26N8O. The van der Waals surface area contributed by atoms with Crippen molar-refractivity contribution in [1.82, 2.24) is 34.5 Å². The Balaban J connectivity index is 1.61. The molecule has 9 heteroatoms. The van der Waals surface area contributed by atoms with E-state index >= 15 is 0 Å². The maximum atomic E-state index is 13.7. The van der Waals surface area contributed by atoms with Crippen LogP contribution in [0.3, 0.4) is 0 Å². The molecule has 0 aliphatic heterocycles. The van der Waals surface area contributed by atoms with Gasteiger partial charge in [-0.1, -0.05) is 51.1 Å². The summed E-state index contributed by atoms with van der Waals surface area (Å²) in [4.78, 5) is 27.1. The minimum atomic E-state index is -0.289. The Bertz CT molecular complexity index is 1500. The molecule has 0 atom stereocenters. The number of nitrogens with zero attached hydrogens (tertiary/aromatic N) is 7. The maximum Gasteiger partial charge on any atom is 0.257 e. The predicted octanol–water partition coefficient (Wildman–Crippen LogP) is 4.64. The molecule has 5 rings (SSSR count). The van der Waals surface area contributed by atoms with Crippen molar-refractivity contribution >= 4 is 22.8 Å². The fraction of sp³-hybridized carbons (Fsp3) is 0.231. The number of pyridine rings is 1. The second-order valence-corrected chi connectivity index (χ2v) is 9.20. The minimum absolute atomic E-state index is 0.230. The van der Waals surface area contributed by atoms with Crippen LogP contribution in [0.2, 0.25) is 0 Å². The van der Waals surface area contributed by atoms with Crippen molar-refractivity contribution in [3.63, 3.8) is 0 Å².